The Bertz CT molecular complexity index is 1770. The molecule has 0 amide bonds. The molecule has 0 aliphatic carbocycles. The molecule has 0 fully saturated rings. The van der Waals surface area contributed by atoms with E-state index in [0.29, 0.717) is 0 Å². The molecule has 0 aliphatic heterocycles. The van der Waals surface area contributed by atoms with Crippen LogP contribution in [-0.2, 0) is 0 Å². The fourth-order valence-corrected chi connectivity index (χ4v) is 5.01. The number of hydrogen-bond donors (Lipinski definition) is 1. The van der Waals surface area contributed by atoms with E-state index in [1.165, 1.54) is 44.0 Å². The molecule has 0 saturated carbocycles. The van der Waals surface area contributed by atoms with Crippen molar-refractivity contribution in [2.45, 2.75) is 0 Å². The zero-order valence-electron chi connectivity index (χ0n) is 17.3. The van der Waals surface area contributed by atoms with Gasteiger partial charge in [0, 0.05) is 38.9 Å². The first-order valence-corrected chi connectivity index (χ1v) is 10.8. The second kappa shape index (κ2) is 6.56. The number of nitrogens with one attached hydrogen (secondary N) is 1. The molecule has 3 heteroatoms. The van der Waals surface area contributed by atoms with Crippen molar-refractivity contribution in [1.29, 1.82) is 0 Å². The first-order valence-electron chi connectivity index (χ1n) is 10.8. The van der Waals surface area contributed by atoms with Crippen molar-refractivity contribution >= 4 is 43.7 Å². The standard InChI is InChI=1S/C29H19N3/c1-2-8-20(9-3-1)32-26-13-5-4-10-23(26)28-21(11-6-14-27(28)32)19-15-16-25-24(18-19)22-12-7-17-30-29(22)31-25/h1-18H,(H,30,31). The van der Waals surface area contributed by atoms with E-state index < -0.39 is 0 Å². The van der Waals surface area contributed by atoms with E-state index in [-0.39, 0.29) is 0 Å². The summed E-state index contributed by atoms with van der Waals surface area (Å²) in [6.07, 6.45) is 1.83. The maximum atomic E-state index is 4.49. The Morgan fingerprint density at radius 3 is 2.38 bits per heavy atom. The highest BCUT2D eigenvalue weighted by atomic mass is 15.0. The quantitative estimate of drug-likeness (QED) is 0.315. The van der Waals surface area contributed by atoms with Gasteiger partial charge in [0.2, 0.25) is 0 Å². The smallest absolute Gasteiger partial charge is 0.138 e. The molecule has 0 atom stereocenters. The van der Waals surface area contributed by atoms with Gasteiger partial charge in [0.05, 0.1) is 11.0 Å². The number of aromatic amines is 1. The van der Waals surface area contributed by atoms with E-state index in [4.69, 9.17) is 0 Å². The SMILES string of the molecule is c1ccc(-n2c3ccccc3c3c(-c4ccc5[nH]c6ncccc6c5c4)cccc32)cc1. The number of hydrogen-bond acceptors (Lipinski definition) is 1. The van der Waals surface area contributed by atoms with Crippen LogP contribution >= 0.6 is 0 Å². The van der Waals surface area contributed by atoms with Crippen LogP contribution < -0.4 is 0 Å². The van der Waals surface area contributed by atoms with Crippen LogP contribution in [-0.4, -0.2) is 14.5 Å². The average molecular weight is 409 g/mol. The molecule has 0 aliphatic rings. The highest BCUT2D eigenvalue weighted by molar-refractivity contribution is 6.16. The normalized spacial score (nSPS) is 11.8. The Morgan fingerprint density at radius 2 is 1.44 bits per heavy atom. The zero-order chi connectivity index (χ0) is 21.1. The summed E-state index contributed by atoms with van der Waals surface area (Å²) in [7, 11) is 0. The molecular formula is C29H19N3. The van der Waals surface area contributed by atoms with Crippen LogP contribution in [0.5, 0.6) is 0 Å². The van der Waals surface area contributed by atoms with E-state index in [9.17, 15) is 0 Å². The number of para-hydroxylation sites is 2. The third-order valence-electron chi connectivity index (χ3n) is 6.39. The number of H-pyrrole nitrogens is 1. The Labute approximate surface area is 184 Å². The van der Waals surface area contributed by atoms with Gasteiger partial charge in [-0.25, -0.2) is 4.98 Å². The fraction of sp³-hybridized carbons (Fsp3) is 0. The molecule has 0 saturated heterocycles. The Balaban J connectivity index is 1.58. The van der Waals surface area contributed by atoms with E-state index in [2.05, 4.69) is 112 Å². The molecule has 7 rings (SSSR count). The van der Waals surface area contributed by atoms with Crippen molar-refractivity contribution in [1.82, 2.24) is 14.5 Å². The van der Waals surface area contributed by atoms with Crippen LogP contribution in [0.1, 0.15) is 0 Å². The molecule has 0 spiro atoms. The van der Waals surface area contributed by atoms with Gasteiger partial charge in [-0.1, -0.05) is 54.6 Å². The zero-order valence-corrected chi connectivity index (χ0v) is 17.3. The second-order valence-corrected chi connectivity index (χ2v) is 8.17. The maximum Gasteiger partial charge on any atom is 0.138 e. The summed E-state index contributed by atoms with van der Waals surface area (Å²) in [6.45, 7) is 0. The number of nitrogens with zero attached hydrogens (tertiary/aromatic N) is 2. The first kappa shape index (κ1) is 17.3. The second-order valence-electron chi connectivity index (χ2n) is 8.17. The van der Waals surface area contributed by atoms with Crippen molar-refractivity contribution in [2.24, 2.45) is 0 Å². The van der Waals surface area contributed by atoms with E-state index >= 15 is 0 Å². The summed E-state index contributed by atoms with van der Waals surface area (Å²) in [5.74, 6) is 0. The molecule has 4 aromatic carbocycles. The molecular weight excluding hydrogens is 390 g/mol. The first-order chi connectivity index (χ1) is 15.9. The molecule has 3 heterocycles. The molecule has 3 aromatic heterocycles. The van der Waals surface area contributed by atoms with Gasteiger partial charge in [0.25, 0.3) is 0 Å². The molecule has 150 valence electrons. The van der Waals surface area contributed by atoms with Crippen molar-refractivity contribution < 1.29 is 0 Å². The minimum atomic E-state index is 0.929. The van der Waals surface area contributed by atoms with Gasteiger partial charge in [-0.2, -0.15) is 0 Å². The van der Waals surface area contributed by atoms with Crippen molar-refractivity contribution in [3.63, 3.8) is 0 Å². The van der Waals surface area contributed by atoms with E-state index in [0.717, 1.165) is 16.6 Å². The van der Waals surface area contributed by atoms with Crippen molar-refractivity contribution in [3.8, 4) is 16.8 Å². The van der Waals surface area contributed by atoms with Crippen LogP contribution in [0.25, 0.3) is 60.6 Å². The minimum absolute atomic E-state index is 0.929. The Hall–Kier alpha value is -4.37. The minimum Gasteiger partial charge on any atom is -0.339 e. The van der Waals surface area contributed by atoms with Gasteiger partial charge < -0.3 is 9.55 Å². The number of benzene rings is 4. The summed E-state index contributed by atoms with van der Waals surface area (Å²) >= 11 is 0. The number of fused-ring (bicyclic) bond motifs is 6. The lowest BCUT2D eigenvalue weighted by molar-refractivity contribution is 1.18. The predicted molar refractivity (Wildman–Crippen MR) is 133 cm³/mol. The predicted octanol–water partition coefficient (Wildman–Crippen LogP) is 7.48. The highest BCUT2D eigenvalue weighted by Gasteiger charge is 2.16. The largest absolute Gasteiger partial charge is 0.339 e. The van der Waals surface area contributed by atoms with Crippen LogP contribution in [0.15, 0.2) is 109 Å². The summed E-state index contributed by atoms with van der Waals surface area (Å²) in [6, 6.07) is 36.7. The maximum absolute atomic E-state index is 4.49. The van der Waals surface area contributed by atoms with Gasteiger partial charge in [-0.3, -0.25) is 0 Å². The lowest BCUT2D eigenvalue weighted by Gasteiger charge is -2.09. The van der Waals surface area contributed by atoms with Crippen LogP contribution in [0.3, 0.4) is 0 Å². The molecule has 7 aromatic rings. The number of pyridine rings is 1. The van der Waals surface area contributed by atoms with Gasteiger partial charge in [0.1, 0.15) is 5.65 Å². The number of aromatic nitrogens is 3. The topological polar surface area (TPSA) is 33.6 Å². The van der Waals surface area contributed by atoms with E-state index in [1.807, 2.05) is 12.3 Å². The molecule has 0 bridgehead atoms. The Morgan fingerprint density at radius 1 is 0.625 bits per heavy atom. The monoisotopic (exact) mass is 409 g/mol. The molecule has 32 heavy (non-hydrogen) atoms. The summed E-state index contributed by atoms with van der Waals surface area (Å²) < 4.78 is 2.36. The van der Waals surface area contributed by atoms with Crippen molar-refractivity contribution in [2.75, 3.05) is 0 Å². The fourth-order valence-electron chi connectivity index (χ4n) is 5.01. The Kier molecular flexibility index (Phi) is 3.55. The van der Waals surface area contributed by atoms with E-state index in [1.54, 1.807) is 0 Å². The van der Waals surface area contributed by atoms with Crippen molar-refractivity contribution in [3.05, 3.63) is 109 Å². The van der Waals surface area contributed by atoms with Crippen LogP contribution in [0, 0.1) is 0 Å². The lowest BCUT2D eigenvalue weighted by atomic mass is 9.98. The summed E-state index contributed by atoms with van der Waals surface area (Å²) in [5.41, 5.74) is 8.11. The molecule has 1 N–H and O–H groups in total. The highest BCUT2D eigenvalue weighted by Crippen LogP contribution is 2.39. The molecule has 3 nitrogen and oxygen atoms in total. The van der Waals surface area contributed by atoms with Crippen LogP contribution in [0.4, 0.5) is 0 Å². The number of rotatable bonds is 2. The van der Waals surface area contributed by atoms with Gasteiger partial charge in [-0.05, 0) is 59.7 Å². The van der Waals surface area contributed by atoms with Gasteiger partial charge in [-0.15, -0.1) is 0 Å². The molecule has 0 unspecified atom stereocenters. The molecule has 0 radical (unpaired) electrons. The van der Waals surface area contributed by atoms with Gasteiger partial charge >= 0.3 is 0 Å². The third kappa shape index (κ3) is 2.39. The third-order valence-corrected chi connectivity index (χ3v) is 6.39. The average Bonchev–Trinajstić information content (AvgIpc) is 3.40. The summed E-state index contributed by atoms with van der Waals surface area (Å²) in [5, 5.41) is 4.91. The van der Waals surface area contributed by atoms with Crippen LogP contribution in [0.2, 0.25) is 0 Å². The lowest BCUT2D eigenvalue weighted by Crippen LogP contribution is -1.92. The van der Waals surface area contributed by atoms with Gasteiger partial charge in [0.15, 0.2) is 0 Å². The summed E-state index contributed by atoms with van der Waals surface area (Å²) in [4.78, 5) is 7.92.